The van der Waals surface area contributed by atoms with Crippen LogP contribution in [-0.2, 0) is 35.4 Å². The quantitative estimate of drug-likeness (QED) is 0.573. The summed E-state index contributed by atoms with van der Waals surface area (Å²) in [5, 5.41) is 9.19. The molecule has 5 nitrogen and oxygen atoms in total. The van der Waals surface area contributed by atoms with E-state index in [1.807, 2.05) is 30.3 Å². The van der Waals surface area contributed by atoms with Gasteiger partial charge in [0.25, 0.3) is 0 Å². The number of hydrogen-bond acceptors (Lipinski definition) is 3. The van der Waals surface area contributed by atoms with Gasteiger partial charge in [-0.2, -0.15) is 0 Å². The van der Waals surface area contributed by atoms with Crippen molar-refractivity contribution >= 4 is 11.9 Å². The van der Waals surface area contributed by atoms with Crippen molar-refractivity contribution in [3.63, 3.8) is 0 Å². The summed E-state index contributed by atoms with van der Waals surface area (Å²) in [7, 11) is 1.55. The molecule has 33 heavy (non-hydrogen) atoms. The van der Waals surface area contributed by atoms with E-state index in [1.54, 1.807) is 36.3 Å². The van der Waals surface area contributed by atoms with E-state index in [0.717, 1.165) is 16.7 Å². The molecule has 0 atom stereocenters. The van der Waals surface area contributed by atoms with Gasteiger partial charge in [0, 0.05) is 25.1 Å². The monoisotopic (exact) mass is 447 g/mol. The standard InChI is InChI=1S/C27H26FNO4/c1-33-25-11-7-19(16-27(31)32)15-22(25)20-9-10-24(28)21-13-14-29(17-23(20)21)26(30)12-8-18-5-3-2-4-6-18/h2-7,9-11,15H,8,12-14,16-17H2,1H3,(H,31,32). The Kier molecular flexibility index (Phi) is 6.73. The molecular formula is C27H26FNO4. The van der Waals surface area contributed by atoms with Gasteiger partial charge in [-0.05, 0) is 58.9 Å². The smallest absolute Gasteiger partial charge is 0.307 e. The van der Waals surface area contributed by atoms with Crippen LogP contribution in [0.2, 0.25) is 0 Å². The highest BCUT2D eigenvalue weighted by atomic mass is 19.1. The topological polar surface area (TPSA) is 66.8 Å². The minimum absolute atomic E-state index is 0.0336. The van der Waals surface area contributed by atoms with E-state index in [-0.39, 0.29) is 18.1 Å². The third kappa shape index (κ3) is 5.06. The molecule has 0 saturated carbocycles. The number of ether oxygens (including phenoxy) is 1. The van der Waals surface area contributed by atoms with E-state index in [0.29, 0.717) is 54.8 Å². The molecule has 0 spiro atoms. The van der Waals surface area contributed by atoms with E-state index < -0.39 is 5.97 Å². The summed E-state index contributed by atoms with van der Waals surface area (Å²) in [5.41, 5.74) is 4.55. The molecular weight excluding hydrogens is 421 g/mol. The minimum Gasteiger partial charge on any atom is -0.496 e. The van der Waals surface area contributed by atoms with Gasteiger partial charge in [-0.1, -0.05) is 42.5 Å². The van der Waals surface area contributed by atoms with Crippen LogP contribution in [0.3, 0.4) is 0 Å². The predicted octanol–water partition coefficient (Wildman–Crippen LogP) is 4.65. The number of rotatable bonds is 7. The molecule has 1 N–H and O–H groups in total. The number of nitrogens with zero attached hydrogens (tertiary/aromatic N) is 1. The maximum Gasteiger partial charge on any atom is 0.307 e. The number of carbonyl (C=O) groups is 2. The van der Waals surface area contributed by atoms with E-state index in [9.17, 15) is 19.1 Å². The van der Waals surface area contributed by atoms with Crippen LogP contribution in [0.25, 0.3) is 11.1 Å². The Labute approximate surface area is 192 Å². The van der Waals surface area contributed by atoms with Gasteiger partial charge in [-0.3, -0.25) is 9.59 Å². The van der Waals surface area contributed by atoms with E-state index in [4.69, 9.17) is 4.74 Å². The van der Waals surface area contributed by atoms with Crippen molar-refractivity contribution in [2.24, 2.45) is 0 Å². The molecule has 0 unspecified atom stereocenters. The number of hydrogen-bond donors (Lipinski definition) is 1. The van der Waals surface area contributed by atoms with Crippen LogP contribution in [0.1, 0.15) is 28.7 Å². The predicted molar refractivity (Wildman–Crippen MR) is 124 cm³/mol. The van der Waals surface area contributed by atoms with Crippen LogP contribution in [0.5, 0.6) is 5.75 Å². The van der Waals surface area contributed by atoms with Crippen molar-refractivity contribution in [3.05, 3.63) is 88.7 Å². The van der Waals surface area contributed by atoms with Gasteiger partial charge in [0.05, 0.1) is 13.5 Å². The lowest BCUT2D eigenvalue weighted by Crippen LogP contribution is -2.36. The zero-order valence-electron chi connectivity index (χ0n) is 18.5. The average molecular weight is 448 g/mol. The SMILES string of the molecule is COc1ccc(CC(=O)O)cc1-c1ccc(F)c2c1CN(C(=O)CCc1ccccc1)CC2. The van der Waals surface area contributed by atoms with Crippen molar-refractivity contribution in [2.45, 2.75) is 32.2 Å². The Hall–Kier alpha value is -3.67. The highest BCUT2D eigenvalue weighted by molar-refractivity contribution is 5.80. The van der Waals surface area contributed by atoms with Gasteiger partial charge < -0.3 is 14.7 Å². The van der Waals surface area contributed by atoms with Gasteiger partial charge in [-0.25, -0.2) is 4.39 Å². The maximum absolute atomic E-state index is 14.7. The fourth-order valence-electron chi connectivity index (χ4n) is 4.40. The van der Waals surface area contributed by atoms with Crippen molar-refractivity contribution in [2.75, 3.05) is 13.7 Å². The second-order valence-electron chi connectivity index (χ2n) is 8.21. The number of carboxylic acids is 1. The third-order valence-electron chi connectivity index (χ3n) is 6.09. The van der Waals surface area contributed by atoms with Crippen LogP contribution in [-0.4, -0.2) is 35.5 Å². The summed E-state index contributed by atoms with van der Waals surface area (Å²) >= 11 is 0. The number of carboxylic acid groups (broad SMARTS) is 1. The number of benzene rings is 3. The molecule has 1 aliphatic heterocycles. The molecule has 4 rings (SSSR count). The zero-order valence-corrected chi connectivity index (χ0v) is 18.5. The minimum atomic E-state index is -0.928. The number of aliphatic carboxylic acids is 1. The molecule has 1 aliphatic rings. The molecule has 0 aliphatic carbocycles. The molecule has 0 aromatic heterocycles. The number of aryl methyl sites for hydroxylation is 1. The number of fused-ring (bicyclic) bond motifs is 1. The lowest BCUT2D eigenvalue weighted by Gasteiger charge is -2.31. The second kappa shape index (κ2) is 9.86. The van der Waals surface area contributed by atoms with Crippen molar-refractivity contribution in [1.82, 2.24) is 4.90 Å². The summed E-state index contributed by atoms with van der Waals surface area (Å²) in [4.78, 5) is 25.9. The molecule has 6 heteroatoms. The maximum atomic E-state index is 14.7. The Morgan fingerprint density at radius 3 is 2.52 bits per heavy atom. The van der Waals surface area contributed by atoms with Crippen molar-refractivity contribution < 1.29 is 23.8 Å². The highest BCUT2D eigenvalue weighted by Gasteiger charge is 2.26. The first-order chi connectivity index (χ1) is 16.0. The highest BCUT2D eigenvalue weighted by Crippen LogP contribution is 2.38. The van der Waals surface area contributed by atoms with Crippen LogP contribution < -0.4 is 4.74 Å². The molecule has 0 saturated heterocycles. The largest absolute Gasteiger partial charge is 0.496 e. The Morgan fingerprint density at radius 1 is 1.00 bits per heavy atom. The average Bonchev–Trinajstić information content (AvgIpc) is 2.83. The van der Waals surface area contributed by atoms with Gasteiger partial charge in [-0.15, -0.1) is 0 Å². The third-order valence-corrected chi connectivity index (χ3v) is 6.09. The molecule has 1 heterocycles. The molecule has 1 amide bonds. The van der Waals surface area contributed by atoms with Crippen molar-refractivity contribution in [1.29, 1.82) is 0 Å². The van der Waals surface area contributed by atoms with Crippen LogP contribution in [0.15, 0.2) is 60.7 Å². The summed E-state index contributed by atoms with van der Waals surface area (Å²) in [6.07, 6.45) is 1.36. The molecule has 170 valence electrons. The van der Waals surface area contributed by atoms with E-state index in [2.05, 4.69) is 0 Å². The molecule has 0 fully saturated rings. The Morgan fingerprint density at radius 2 is 1.79 bits per heavy atom. The zero-order chi connectivity index (χ0) is 23.4. The van der Waals surface area contributed by atoms with Gasteiger partial charge in [0.2, 0.25) is 5.91 Å². The fraction of sp³-hybridized carbons (Fsp3) is 0.259. The first-order valence-corrected chi connectivity index (χ1v) is 11.0. The lowest BCUT2D eigenvalue weighted by atomic mass is 9.89. The molecule has 0 bridgehead atoms. The number of amides is 1. The summed E-state index contributed by atoms with van der Waals surface area (Å²) < 4.78 is 20.2. The summed E-state index contributed by atoms with van der Waals surface area (Å²) in [6.45, 7) is 0.777. The van der Waals surface area contributed by atoms with E-state index in [1.165, 1.54) is 6.07 Å². The first kappa shape index (κ1) is 22.5. The Bertz CT molecular complexity index is 1180. The number of carbonyl (C=O) groups excluding carboxylic acids is 1. The number of halogens is 1. The van der Waals surface area contributed by atoms with Gasteiger partial charge in [0.15, 0.2) is 0 Å². The van der Waals surface area contributed by atoms with Crippen LogP contribution in [0, 0.1) is 5.82 Å². The molecule has 0 radical (unpaired) electrons. The summed E-state index contributed by atoms with van der Waals surface area (Å²) in [6, 6.07) is 18.2. The molecule has 3 aromatic carbocycles. The molecule has 3 aromatic rings. The van der Waals surface area contributed by atoms with Crippen molar-refractivity contribution in [3.8, 4) is 16.9 Å². The second-order valence-corrected chi connectivity index (χ2v) is 8.21. The fourth-order valence-corrected chi connectivity index (χ4v) is 4.40. The lowest BCUT2D eigenvalue weighted by molar-refractivity contribution is -0.136. The van der Waals surface area contributed by atoms with Gasteiger partial charge in [0.1, 0.15) is 11.6 Å². The van der Waals surface area contributed by atoms with E-state index >= 15 is 0 Å². The number of methoxy groups -OCH3 is 1. The van der Waals surface area contributed by atoms with Crippen LogP contribution in [0.4, 0.5) is 4.39 Å². The van der Waals surface area contributed by atoms with Crippen LogP contribution >= 0.6 is 0 Å². The van der Waals surface area contributed by atoms with Gasteiger partial charge >= 0.3 is 5.97 Å². The Balaban J connectivity index is 1.64. The first-order valence-electron chi connectivity index (χ1n) is 11.0. The normalized spacial score (nSPS) is 12.8. The summed E-state index contributed by atoms with van der Waals surface area (Å²) in [5.74, 6) is -0.606.